The maximum atomic E-state index is 11.9. The molecule has 2 aromatic carbocycles. The molecule has 0 spiro atoms. The van der Waals surface area contributed by atoms with E-state index in [4.69, 9.17) is 31.8 Å². The largest absolute Gasteiger partial charge is 0.481 e. The van der Waals surface area contributed by atoms with E-state index >= 15 is 0 Å². The van der Waals surface area contributed by atoms with E-state index in [1.165, 1.54) is 12.1 Å². The van der Waals surface area contributed by atoms with Gasteiger partial charge in [-0.2, -0.15) is 0 Å². The van der Waals surface area contributed by atoms with E-state index in [-0.39, 0.29) is 50.1 Å². The van der Waals surface area contributed by atoms with Crippen LogP contribution in [0.2, 0.25) is 0 Å². The van der Waals surface area contributed by atoms with Crippen molar-refractivity contribution >= 4 is 35.5 Å². The molecule has 0 atom stereocenters. The molecule has 268 valence electrons. The van der Waals surface area contributed by atoms with Crippen molar-refractivity contribution in [3.05, 3.63) is 91.7 Å². The number of Topliss-reactive ketones (excluding diaryl/α,β-unsaturated/α-hetero) is 1. The predicted octanol–water partition coefficient (Wildman–Crippen LogP) is 6.41. The number of imide groups is 1. The Balaban J connectivity index is 0.000000405. The molecule has 0 saturated carbocycles. The number of carbonyl (C=O) groups excluding carboxylic acids is 4. The number of nitrogens with zero attached hydrogens (tertiary/aromatic N) is 7. The van der Waals surface area contributed by atoms with Crippen LogP contribution in [0, 0.1) is 0 Å². The standard InChI is InChI=1S/C15H19N3O3.C12H10N4O4.C6H13NO2/c16-18-17-11-12-7-9-13(10-8-12)14(19)5-3-1-2-4-6-15(20)21;13-15-14-7-8-1-3-9(4-2-8)12(19)20-16-10(17)5-6-11(16)18;7-5-3-1-2-4-6(8)9/h7-10H,1-6,11H2,(H,20,21);1-4H,5-7H2;1-5,7H2,(H,8,9). The van der Waals surface area contributed by atoms with Gasteiger partial charge in [-0.05, 0) is 66.5 Å². The maximum Gasteiger partial charge on any atom is 0.363 e. The Morgan fingerprint density at radius 2 is 1.10 bits per heavy atom. The fraction of sp³-hybridized carbons (Fsp3) is 0.455. The van der Waals surface area contributed by atoms with Crippen molar-refractivity contribution in [2.45, 2.75) is 90.1 Å². The molecule has 2 amide bonds. The number of benzene rings is 2. The Kier molecular flexibility index (Phi) is 21.4. The third-order valence-electron chi connectivity index (χ3n) is 6.92. The molecule has 4 N–H and O–H groups in total. The summed E-state index contributed by atoms with van der Waals surface area (Å²) < 4.78 is 0. The number of carboxylic acid groups (broad SMARTS) is 2. The summed E-state index contributed by atoms with van der Waals surface area (Å²) >= 11 is 0. The number of hydrogen-bond acceptors (Lipinski definition) is 10. The molecule has 1 aliphatic heterocycles. The van der Waals surface area contributed by atoms with Crippen LogP contribution in [0.15, 0.2) is 58.8 Å². The number of ketones is 1. The maximum absolute atomic E-state index is 11.9. The van der Waals surface area contributed by atoms with Crippen LogP contribution >= 0.6 is 0 Å². The third kappa shape index (κ3) is 18.5. The lowest BCUT2D eigenvalue weighted by molar-refractivity contribution is -0.172. The van der Waals surface area contributed by atoms with E-state index in [9.17, 15) is 28.8 Å². The second kappa shape index (κ2) is 25.3. The van der Waals surface area contributed by atoms with Crippen LogP contribution in [0.4, 0.5) is 0 Å². The number of carboxylic acids is 2. The number of hydrogen-bond donors (Lipinski definition) is 3. The van der Waals surface area contributed by atoms with Gasteiger partial charge in [-0.1, -0.05) is 65.9 Å². The molecule has 0 unspecified atom stereocenters. The van der Waals surface area contributed by atoms with Gasteiger partial charge >= 0.3 is 17.9 Å². The first-order valence-corrected chi connectivity index (χ1v) is 16.0. The molecule has 3 rings (SSSR count). The van der Waals surface area contributed by atoms with E-state index in [0.29, 0.717) is 30.0 Å². The Bertz CT molecular complexity index is 1500. The fourth-order valence-corrected chi connectivity index (χ4v) is 4.22. The molecule has 1 heterocycles. The summed E-state index contributed by atoms with van der Waals surface area (Å²) in [5.74, 6) is -3.24. The summed E-state index contributed by atoms with van der Waals surface area (Å²) in [5.41, 5.74) is 24.1. The fourth-order valence-electron chi connectivity index (χ4n) is 4.22. The molecule has 0 radical (unpaired) electrons. The van der Waals surface area contributed by atoms with Gasteiger partial charge in [0.15, 0.2) is 5.78 Å². The van der Waals surface area contributed by atoms with Crippen molar-refractivity contribution in [3.8, 4) is 0 Å². The summed E-state index contributed by atoms with van der Waals surface area (Å²) in [6.45, 7) is 1.13. The lowest BCUT2D eigenvalue weighted by Gasteiger charge is -2.12. The molecule has 17 nitrogen and oxygen atoms in total. The van der Waals surface area contributed by atoms with Crippen LogP contribution in [-0.4, -0.2) is 57.3 Å². The van der Waals surface area contributed by atoms with Gasteiger partial charge in [-0.25, -0.2) is 4.79 Å². The van der Waals surface area contributed by atoms with E-state index in [0.717, 1.165) is 49.7 Å². The summed E-state index contributed by atoms with van der Waals surface area (Å²) in [6.07, 6.45) is 6.83. The van der Waals surface area contributed by atoms with E-state index in [2.05, 4.69) is 20.1 Å². The lowest BCUT2D eigenvalue weighted by Crippen LogP contribution is -2.32. The molecule has 50 heavy (non-hydrogen) atoms. The van der Waals surface area contributed by atoms with E-state index in [1.54, 1.807) is 36.4 Å². The first-order valence-electron chi connectivity index (χ1n) is 16.0. The van der Waals surface area contributed by atoms with Gasteiger partial charge in [-0.3, -0.25) is 24.0 Å². The normalized spacial score (nSPS) is 11.5. The first-order chi connectivity index (χ1) is 24.0. The van der Waals surface area contributed by atoms with Gasteiger partial charge in [0.05, 0.1) is 18.7 Å². The number of nitrogens with two attached hydrogens (primary N) is 1. The molecule has 1 fully saturated rings. The number of aliphatic carboxylic acids is 2. The zero-order chi connectivity index (χ0) is 37.1. The molecular weight excluding hydrogens is 652 g/mol. The van der Waals surface area contributed by atoms with E-state index in [1.807, 2.05) is 0 Å². The van der Waals surface area contributed by atoms with Crippen molar-refractivity contribution < 1.29 is 43.8 Å². The van der Waals surface area contributed by atoms with Gasteiger partial charge in [0.25, 0.3) is 11.8 Å². The number of amides is 2. The predicted molar refractivity (Wildman–Crippen MR) is 180 cm³/mol. The number of rotatable bonds is 19. The zero-order valence-electron chi connectivity index (χ0n) is 27.7. The Morgan fingerprint density at radius 3 is 1.52 bits per heavy atom. The number of hydroxylamine groups is 2. The molecule has 17 heteroatoms. The average Bonchev–Trinajstić information content (AvgIpc) is 3.42. The Hall–Kier alpha value is -5.76. The monoisotopic (exact) mass is 694 g/mol. The highest BCUT2D eigenvalue weighted by Gasteiger charge is 2.33. The molecular formula is C33H42N8O9. The summed E-state index contributed by atoms with van der Waals surface area (Å²) in [4.78, 5) is 76.6. The van der Waals surface area contributed by atoms with Crippen LogP contribution in [0.5, 0.6) is 0 Å². The van der Waals surface area contributed by atoms with Crippen molar-refractivity contribution in [2.24, 2.45) is 16.0 Å². The quantitative estimate of drug-likeness (QED) is 0.0362. The zero-order valence-corrected chi connectivity index (χ0v) is 27.7. The van der Waals surface area contributed by atoms with Crippen LogP contribution < -0.4 is 5.73 Å². The lowest BCUT2D eigenvalue weighted by atomic mass is 10.0. The van der Waals surface area contributed by atoms with Crippen LogP contribution in [0.3, 0.4) is 0 Å². The van der Waals surface area contributed by atoms with Gasteiger partial charge < -0.3 is 20.8 Å². The average molecular weight is 695 g/mol. The summed E-state index contributed by atoms with van der Waals surface area (Å²) in [7, 11) is 0. The molecule has 0 aromatic heterocycles. The minimum absolute atomic E-state index is 0.0528. The second-order valence-electron chi connectivity index (χ2n) is 10.9. The van der Waals surface area contributed by atoms with Crippen LogP contribution in [0.25, 0.3) is 20.9 Å². The highest BCUT2D eigenvalue weighted by molar-refractivity contribution is 6.02. The highest BCUT2D eigenvalue weighted by atomic mass is 16.7. The van der Waals surface area contributed by atoms with Gasteiger partial charge in [0, 0.05) is 47.5 Å². The number of azide groups is 2. The van der Waals surface area contributed by atoms with Gasteiger partial charge in [0.1, 0.15) is 0 Å². The molecule has 2 aromatic rings. The minimum Gasteiger partial charge on any atom is -0.481 e. The Labute approximate surface area is 288 Å². The van der Waals surface area contributed by atoms with Crippen LogP contribution in [-0.2, 0) is 37.1 Å². The smallest absolute Gasteiger partial charge is 0.363 e. The molecule has 0 bridgehead atoms. The highest BCUT2D eigenvalue weighted by Crippen LogP contribution is 2.15. The summed E-state index contributed by atoms with van der Waals surface area (Å²) in [6, 6.07) is 13.2. The van der Waals surface area contributed by atoms with Crippen molar-refractivity contribution in [2.75, 3.05) is 6.54 Å². The second-order valence-corrected chi connectivity index (χ2v) is 10.9. The SMILES string of the molecule is NCCCCCC(=O)O.[N-]=[N+]=NCc1ccc(C(=O)CCCCCCC(=O)O)cc1.[N-]=[N+]=NCc1ccc(C(=O)ON2C(=O)CCC2=O)cc1. The third-order valence-corrected chi connectivity index (χ3v) is 6.92. The minimum atomic E-state index is -0.788. The molecule has 0 aliphatic carbocycles. The molecule has 1 saturated heterocycles. The van der Waals surface area contributed by atoms with Crippen molar-refractivity contribution in [1.82, 2.24) is 5.06 Å². The van der Waals surface area contributed by atoms with Gasteiger partial charge in [0.2, 0.25) is 0 Å². The van der Waals surface area contributed by atoms with Crippen molar-refractivity contribution in [1.29, 1.82) is 0 Å². The van der Waals surface area contributed by atoms with E-state index < -0.39 is 29.7 Å². The number of carbonyl (C=O) groups is 6. The van der Waals surface area contributed by atoms with Crippen LogP contribution in [0.1, 0.15) is 109 Å². The first kappa shape index (κ1) is 42.3. The topological polar surface area (TPSA) is 279 Å². The van der Waals surface area contributed by atoms with Crippen molar-refractivity contribution in [3.63, 3.8) is 0 Å². The summed E-state index contributed by atoms with van der Waals surface area (Å²) in [5, 5.41) is 24.0. The Morgan fingerprint density at radius 1 is 0.680 bits per heavy atom. The number of unbranched alkanes of at least 4 members (excludes halogenated alkanes) is 5. The molecule has 1 aliphatic rings. The van der Waals surface area contributed by atoms with Gasteiger partial charge in [-0.15, -0.1) is 5.06 Å².